The number of fused-ring (bicyclic) bond motifs is 6. The number of hydrogen-bond acceptors (Lipinski definition) is 23. The number of aryl methyl sites for hydroxylation is 6. The number of piperidine rings is 1. The number of thiophene rings is 1. The summed E-state index contributed by atoms with van der Waals surface area (Å²) < 4.78 is 37.0. The van der Waals surface area contributed by atoms with Gasteiger partial charge in [0.05, 0.1) is 92.0 Å². The Morgan fingerprint density at radius 3 is 1.92 bits per heavy atom. The molecule has 133 heavy (non-hydrogen) atoms. The number of piperazine rings is 1. The van der Waals surface area contributed by atoms with E-state index in [4.69, 9.17) is 32.9 Å². The first-order chi connectivity index (χ1) is 64.5. The van der Waals surface area contributed by atoms with Crippen molar-refractivity contribution in [1.82, 2.24) is 29.4 Å². The van der Waals surface area contributed by atoms with E-state index in [1.54, 1.807) is 75.5 Å². The van der Waals surface area contributed by atoms with E-state index in [9.17, 15) is 48.6 Å². The molecule has 5 aromatic heterocycles. The molecule has 3 fully saturated rings. The number of nitrogens with zero attached hydrogens (tertiary/aromatic N) is 9. The number of esters is 2. The van der Waals surface area contributed by atoms with Crippen molar-refractivity contribution in [2.24, 2.45) is 21.3 Å². The van der Waals surface area contributed by atoms with Gasteiger partial charge in [-0.2, -0.15) is 10.2 Å². The van der Waals surface area contributed by atoms with Gasteiger partial charge in [0, 0.05) is 77.9 Å². The highest BCUT2D eigenvalue weighted by molar-refractivity contribution is 8.14. The fraction of sp³-hybridized carbons (Fsp3) is 0.295. The topological polar surface area (TPSA) is 322 Å². The van der Waals surface area contributed by atoms with Crippen LogP contribution in [0, 0.1) is 39.0 Å². The van der Waals surface area contributed by atoms with E-state index in [0.717, 1.165) is 93.3 Å². The summed E-state index contributed by atoms with van der Waals surface area (Å²) in [4.78, 5) is 119. The van der Waals surface area contributed by atoms with Gasteiger partial charge in [-0.3, -0.25) is 29.0 Å². The van der Waals surface area contributed by atoms with Crippen molar-refractivity contribution in [2.45, 2.75) is 118 Å². The van der Waals surface area contributed by atoms with E-state index in [1.807, 2.05) is 105 Å². The van der Waals surface area contributed by atoms with Crippen LogP contribution in [-0.2, 0) is 36.7 Å². The number of aromatic hydroxyl groups is 2. The van der Waals surface area contributed by atoms with E-state index in [2.05, 4.69) is 102 Å². The summed E-state index contributed by atoms with van der Waals surface area (Å²) in [5.41, 5.74) is 10.5. The number of aromatic nitrogens is 4. The summed E-state index contributed by atoms with van der Waals surface area (Å²) in [6, 6.07) is 66.4. The molecule has 4 aliphatic heterocycles. The Bertz CT molecular complexity index is 6860. The second kappa shape index (κ2) is 41.0. The Morgan fingerprint density at radius 1 is 0.639 bits per heavy atom. The quantitative estimate of drug-likeness (QED) is 0.0419. The number of aliphatic imine (C=N–C) groups is 2. The highest BCUT2D eigenvalue weighted by Gasteiger charge is 2.45. The summed E-state index contributed by atoms with van der Waals surface area (Å²) in [5, 5.41) is 37.7. The lowest BCUT2D eigenvalue weighted by Crippen LogP contribution is -2.51. The number of hydrogen-bond donors (Lipinski definition) is 3. The van der Waals surface area contributed by atoms with Crippen LogP contribution in [-0.4, -0.2) is 152 Å². The molecular weight excluding hydrogens is 1720 g/mol. The molecule has 26 nitrogen and oxygen atoms in total. The van der Waals surface area contributed by atoms with Crippen molar-refractivity contribution >= 4 is 117 Å². The molecule has 3 N–H and O–H groups in total. The van der Waals surface area contributed by atoms with Gasteiger partial charge in [-0.1, -0.05) is 147 Å². The number of carbonyl (C=O) groups excluding carboxylic acids is 5. The molecule has 2 atom stereocenters. The van der Waals surface area contributed by atoms with Crippen molar-refractivity contribution in [3.05, 3.63) is 311 Å². The number of nitrogens with one attached hydrogen (secondary N) is 1. The first kappa shape index (κ1) is 92.0. The van der Waals surface area contributed by atoms with E-state index in [1.165, 1.54) is 106 Å². The lowest BCUT2D eigenvalue weighted by molar-refractivity contribution is -0.159. The predicted octanol–water partition coefficient (Wildman–Crippen LogP) is 18.6. The van der Waals surface area contributed by atoms with E-state index < -0.39 is 46.1 Å². The molecule has 14 aromatic rings. The normalized spacial score (nSPS) is 15.3. The molecule has 2 unspecified atom stereocenters. The Morgan fingerprint density at radius 2 is 1.27 bits per heavy atom. The van der Waals surface area contributed by atoms with Gasteiger partial charge in [0.1, 0.15) is 34.5 Å². The maximum absolute atomic E-state index is 13.6. The minimum absolute atomic E-state index is 0.0173. The lowest BCUT2D eigenvalue weighted by atomic mass is 9.75. The molecule has 2 saturated heterocycles. The molecule has 3 amide bonds. The van der Waals surface area contributed by atoms with Crippen LogP contribution < -0.4 is 36.5 Å². The molecule has 1 aliphatic carbocycles. The van der Waals surface area contributed by atoms with E-state index in [0.29, 0.717) is 91.9 Å². The molecule has 9 aromatic carbocycles. The van der Waals surface area contributed by atoms with Gasteiger partial charge >= 0.3 is 23.2 Å². The van der Waals surface area contributed by atoms with Gasteiger partial charge in [-0.25, -0.2) is 28.7 Å². The summed E-state index contributed by atoms with van der Waals surface area (Å²) in [5.74, 6) is -0.273. The van der Waals surface area contributed by atoms with Gasteiger partial charge in [-0.15, -0.1) is 11.3 Å². The van der Waals surface area contributed by atoms with Crippen LogP contribution in [0.4, 0.5) is 11.5 Å². The molecule has 5 aliphatic rings. The monoisotopic (exact) mass is 1820 g/mol. The average molecular weight is 1830 g/mol. The van der Waals surface area contributed by atoms with Crippen LogP contribution in [0.5, 0.6) is 23.0 Å². The second-order valence-corrected chi connectivity index (χ2v) is 35.7. The third-order valence-electron chi connectivity index (χ3n) is 25.0. The minimum Gasteiger partial charge on any atom is -0.507 e. The van der Waals surface area contributed by atoms with Gasteiger partial charge in [0.25, 0.3) is 11.5 Å². The second-order valence-electron chi connectivity index (χ2n) is 33.7. The fourth-order valence-electron chi connectivity index (χ4n) is 17.6. The Hall–Kier alpha value is -14.3. The number of amidine groups is 1. The van der Waals surface area contributed by atoms with Gasteiger partial charge in [0.2, 0.25) is 18.6 Å². The van der Waals surface area contributed by atoms with Crippen molar-refractivity contribution < 1.29 is 62.0 Å². The standard InChI is InChI=1S/C27H30N4O2S.C27H18O8.C26H27N5OS.C25H29NO5/c1-4-19-10-12-20(13-11-19)29-14-16-30(17-15-29)26(32)22(5-2)31-27(33)24-21-8-6-7-9-23(21)34-25(24)18(3)28-31;1-33-25(30)15-12-10-14(11-13-15)20(21-23(28)16-6-2-4-8-18(16)34-26(21)31)22-24(29)17-7-3-5-9-19(17)35-27(22)32;1-16-11-18(3)21(12-17(16)2)22-13-24(31(30-22)20-7-5-4-6-8-20)29-25(32)15-33-26-27-14-23(28-26)19-9-10-19;1-2-29-24(28)25(13-6-10-19-8-4-3-5-9-19)14-7-15-26(17-25)23(27)20-11-12-21-22(16-20)31-18-30-21/h6-13,22H,4-5,14-17H2,1-3H3;2-13,20,28-29H,1H3;4-8,11-13,19H,9-10,14-15H2,1-3H3,(H,29,32);3-5,8-9,11-12,16H,2,6-7,10,13-15,17-18H2,1H3. The zero-order valence-electron chi connectivity index (χ0n) is 75.4. The van der Waals surface area contributed by atoms with Crippen LogP contribution in [0.3, 0.4) is 0 Å². The molecule has 0 bridgehead atoms. The number of para-hydroxylation sites is 3. The van der Waals surface area contributed by atoms with Gasteiger partial charge < -0.3 is 58.0 Å². The van der Waals surface area contributed by atoms with Crippen molar-refractivity contribution in [3.63, 3.8) is 0 Å². The van der Waals surface area contributed by atoms with Crippen LogP contribution in [0.1, 0.15) is 149 Å². The van der Waals surface area contributed by atoms with Crippen molar-refractivity contribution in [2.75, 3.05) is 82.3 Å². The Labute approximate surface area is 776 Å². The number of thioether (sulfide) groups is 1. The highest BCUT2D eigenvalue weighted by atomic mass is 32.2. The maximum atomic E-state index is 13.6. The number of likely N-dealkylation sites (tertiary alicyclic amines) is 1. The molecular formula is C105H104N10O16S2. The molecule has 28 heteroatoms. The van der Waals surface area contributed by atoms with E-state index >= 15 is 0 Å². The predicted molar refractivity (Wildman–Crippen MR) is 520 cm³/mol. The SMILES string of the molecule is CCOC(=O)C1(CCCc2ccccc2)CCCN(C(=O)c2ccc3c(c2)OCO3)C1.CCc1ccc(N2CCN(C(=O)C(CC)n3nc(C)c4sc5ccccc5c4c3=O)CC2)cc1.COC(=O)c1ccc(C(c2c(O)c3ccccc3oc2=O)c2c(O)c3ccccc3oc2=O)cc1.Cc1cc(C)c(-c2cc(NC(=O)CSC3=NCC(C4CC4)=N3)n(-c3ccccc3)n2)cc1C. The number of ether oxygens (including phenoxy) is 4. The van der Waals surface area contributed by atoms with Crippen LogP contribution >= 0.6 is 23.1 Å². The summed E-state index contributed by atoms with van der Waals surface area (Å²) in [7, 11) is 1.25. The van der Waals surface area contributed by atoms with Crippen molar-refractivity contribution in [1.29, 1.82) is 0 Å². The molecule has 1 saturated carbocycles. The summed E-state index contributed by atoms with van der Waals surface area (Å²) in [6.45, 7) is 19.2. The van der Waals surface area contributed by atoms with Crippen LogP contribution in [0.25, 0.3) is 59.1 Å². The number of methoxy groups -OCH3 is 1. The number of anilines is 2. The third-order valence-corrected chi connectivity index (χ3v) is 27.2. The van der Waals surface area contributed by atoms with E-state index in [-0.39, 0.29) is 80.4 Å². The fourth-order valence-corrected chi connectivity index (χ4v) is 19.4. The van der Waals surface area contributed by atoms with Crippen LogP contribution in [0.15, 0.2) is 252 Å². The molecule has 0 radical (unpaired) electrons. The first-order valence-corrected chi connectivity index (χ1v) is 46.7. The zero-order chi connectivity index (χ0) is 93.1. The van der Waals surface area contributed by atoms with Gasteiger partial charge in [-0.05, 0) is 223 Å². The summed E-state index contributed by atoms with van der Waals surface area (Å²) >= 11 is 2.98. The average Bonchev–Trinajstić information content (AvgIpc) is 1.37. The number of benzene rings is 9. The molecule has 682 valence electrons. The molecule has 0 spiro atoms. The Kier molecular flexibility index (Phi) is 28.4. The van der Waals surface area contributed by atoms with Crippen molar-refractivity contribution in [3.8, 4) is 39.9 Å². The van der Waals surface area contributed by atoms with Gasteiger partial charge in [0.15, 0.2) is 16.7 Å². The smallest absolute Gasteiger partial charge is 0.344 e. The molecule has 19 rings (SSSR count). The summed E-state index contributed by atoms with van der Waals surface area (Å²) in [6.07, 6.45) is 7.99. The highest BCUT2D eigenvalue weighted by Crippen LogP contribution is 2.45. The number of carbonyl (C=O) groups is 5. The Balaban J connectivity index is 0.000000129. The third kappa shape index (κ3) is 20.3. The molecule has 9 heterocycles. The maximum Gasteiger partial charge on any atom is 0.344 e. The number of rotatable bonds is 22. The zero-order valence-corrected chi connectivity index (χ0v) is 77.0. The minimum atomic E-state index is -1.27. The number of amides is 3. The van der Waals surface area contributed by atoms with Crippen LogP contribution in [0.2, 0.25) is 0 Å². The first-order valence-electron chi connectivity index (χ1n) is 44.9. The lowest BCUT2D eigenvalue weighted by Gasteiger charge is -2.41. The largest absolute Gasteiger partial charge is 0.507 e.